The summed E-state index contributed by atoms with van der Waals surface area (Å²) < 4.78 is 11.1. The Labute approximate surface area is 191 Å². The number of nitrogens with one attached hydrogen (secondary N) is 3. The summed E-state index contributed by atoms with van der Waals surface area (Å²) in [4.78, 5) is 24.5. The highest BCUT2D eigenvalue weighted by Crippen LogP contribution is 2.18. The Hall–Kier alpha value is -3.91. The molecule has 0 fully saturated rings. The van der Waals surface area contributed by atoms with E-state index in [2.05, 4.69) is 16.2 Å². The molecule has 8 heteroatoms. The molecule has 0 atom stereocenters. The van der Waals surface area contributed by atoms with Crippen LogP contribution in [0.4, 0.5) is 0 Å². The highest BCUT2D eigenvalue weighted by atomic mass is 32.1. The van der Waals surface area contributed by atoms with Crippen molar-refractivity contribution >= 4 is 29.1 Å². The Morgan fingerprint density at radius 3 is 2.19 bits per heavy atom. The lowest BCUT2D eigenvalue weighted by molar-refractivity contribution is -0.123. The molecule has 0 saturated heterocycles. The fraction of sp³-hybridized carbons (Fsp3) is 0.125. The summed E-state index contributed by atoms with van der Waals surface area (Å²) in [5.41, 5.74) is 6.34. The van der Waals surface area contributed by atoms with E-state index in [1.54, 1.807) is 48.5 Å². The van der Waals surface area contributed by atoms with E-state index in [4.69, 9.17) is 21.7 Å². The van der Waals surface area contributed by atoms with Crippen molar-refractivity contribution in [1.29, 1.82) is 0 Å². The molecule has 0 aromatic heterocycles. The predicted octanol–water partition coefficient (Wildman–Crippen LogP) is 3.02. The fourth-order valence-electron chi connectivity index (χ4n) is 2.73. The summed E-state index contributed by atoms with van der Waals surface area (Å²) in [6, 6.07) is 25.8. The summed E-state index contributed by atoms with van der Waals surface area (Å²) >= 11 is 5.08. The second-order valence-electron chi connectivity index (χ2n) is 6.64. The maximum Gasteiger partial charge on any atom is 0.276 e. The summed E-state index contributed by atoms with van der Waals surface area (Å²) in [5, 5.41) is 2.47. The molecule has 3 N–H and O–H groups in total. The lowest BCUT2D eigenvalue weighted by atomic mass is 10.1. The molecule has 0 spiro atoms. The van der Waals surface area contributed by atoms with Crippen LogP contribution >= 0.6 is 12.2 Å². The van der Waals surface area contributed by atoms with Gasteiger partial charge in [0, 0.05) is 6.42 Å². The smallest absolute Gasteiger partial charge is 0.276 e. The third-order valence-electron chi connectivity index (χ3n) is 4.28. The molecule has 32 heavy (non-hydrogen) atoms. The first-order chi connectivity index (χ1) is 15.6. The lowest BCUT2D eigenvalue weighted by Gasteiger charge is -2.14. The zero-order chi connectivity index (χ0) is 22.6. The number of carbonyl (C=O) groups is 2. The van der Waals surface area contributed by atoms with Crippen LogP contribution in [0.3, 0.4) is 0 Å². The van der Waals surface area contributed by atoms with Gasteiger partial charge in [-0.2, -0.15) is 0 Å². The minimum atomic E-state index is -0.451. The zero-order valence-electron chi connectivity index (χ0n) is 17.2. The highest BCUT2D eigenvalue weighted by Gasteiger charge is 2.14. The number of carbonyl (C=O) groups excluding carboxylic acids is 2. The van der Waals surface area contributed by atoms with E-state index >= 15 is 0 Å². The summed E-state index contributed by atoms with van der Waals surface area (Å²) in [6.07, 6.45) is 0.716. The van der Waals surface area contributed by atoms with E-state index in [1.807, 2.05) is 36.4 Å². The van der Waals surface area contributed by atoms with Crippen molar-refractivity contribution in [3.05, 3.63) is 96.1 Å². The number of hydrazine groups is 1. The van der Waals surface area contributed by atoms with Gasteiger partial charge >= 0.3 is 0 Å². The number of rotatable bonds is 8. The first-order valence-corrected chi connectivity index (χ1v) is 10.4. The van der Waals surface area contributed by atoms with Gasteiger partial charge in [-0.05, 0) is 42.0 Å². The average Bonchev–Trinajstić information content (AvgIpc) is 2.83. The normalized spacial score (nSPS) is 10.0. The monoisotopic (exact) mass is 449 g/mol. The Morgan fingerprint density at radius 1 is 0.781 bits per heavy atom. The SMILES string of the molecule is O=C(COc1ccccc1)NNC(=S)NC(=O)c1ccccc1OCCc1ccccc1. The van der Waals surface area contributed by atoms with Gasteiger partial charge in [0.15, 0.2) is 11.7 Å². The van der Waals surface area contributed by atoms with E-state index in [0.29, 0.717) is 30.1 Å². The molecule has 3 rings (SSSR count). The van der Waals surface area contributed by atoms with Crippen LogP contribution in [0.2, 0.25) is 0 Å². The average molecular weight is 450 g/mol. The van der Waals surface area contributed by atoms with Crippen LogP contribution in [0, 0.1) is 0 Å². The van der Waals surface area contributed by atoms with Gasteiger partial charge in [-0.1, -0.05) is 60.7 Å². The van der Waals surface area contributed by atoms with Gasteiger partial charge in [0.05, 0.1) is 12.2 Å². The van der Waals surface area contributed by atoms with E-state index in [1.165, 1.54) is 0 Å². The second kappa shape index (κ2) is 12.1. The van der Waals surface area contributed by atoms with Crippen LogP contribution in [0.1, 0.15) is 15.9 Å². The third kappa shape index (κ3) is 7.41. The topological polar surface area (TPSA) is 88.7 Å². The molecule has 164 valence electrons. The summed E-state index contributed by atoms with van der Waals surface area (Å²) in [5.74, 6) is 0.120. The standard InChI is InChI=1S/C24H23N3O4S/c28-22(17-31-19-11-5-2-6-12-19)26-27-24(32)25-23(29)20-13-7-8-14-21(20)30-16-15-18-9-3-1-4-10-18/h1-14H,15-17H2,(H,26,28)(H2,25,27,29,32). The molecule has 3 aromatic rings. The van der Waals surface area contributed by atoms with Crippen molar-refractivity contribution in [2.75, 3.05) is 13.2 Å². The van der Waals surface area contributed by atoms with Gasteiger partial charge < -0.3 is 9.47 Å². The molecule has 0 radical (unpaired) electrons. The quantitative estimate of drug-likeness (QED) is 0.362. The molecule has 0 heterocycles. The Balaban J connectivity index is 1.44. The molecular weight excluding hydrogens is 426 g/mol. The second-order valence-corrected chi connectivity index (χ2v) is 7.05. The highest BCUT2D eigenvalue weighted by molar-refractivity contribution is 7.80. The van der Waals surface area contributed by atoms with Crippen molar-refractivity contribution in [1.82, 2.24) is 16.2 Å². The molecule has 0 bridgehead atoms. The lowest BCUT2D eigenvalue weighted by Crippen LogP contribution is -2.49. The largest absolute Gasteiger partial charge is 0.492 e. The molecule has 3 aromatic carbocycles. The minimum Gasteiger partial charge on any atom is -0.492 e. The van der Waals surface area contributed by atoms with Crippen LogP contribution < -0.4 is 25.6 Å². The number of para-hydroxylation sites is 2. The van der Waals surface area contributed by atoms with E-state index < -0.39 is 11.8 Å². The van der Waals surface area contributed by atoms with Gasteiger partial charge in [0.25, 0.3) is 11.8 Å². The van der Waals surface area contributed by atoms with Gasteiger partial charge in [-0.3, -0.25) is 25.8 Å². The number of benzene rings is 3. The van der Waals surface area contributed by atoms with Gasteiger partial charge in [0.1, 0.15) is 11.5 Å². The third-order valence-corrected chi connectivity index (χ3v) is 4.48. The zero-order valence-corrected chi connectivity index (χ0v) is 18.1. The van der Waals surface area contributed by atoms with Crippen LogP contribution in [0.5, 0.6) is 11.5 Å². The molecule has 2 amide bonds. The van der Waals surface area contributed by atoms with Crippen LogP contribution in [0.25, 0.3) is 0 Å². The molecule has 0 aliphatic rings. The van der Waals surface area contributed by atoms with E-state index in [9.17, 15) is 9.59 Å². The molecule has 0 aliphatic carbocycles. The van der Waals surface area contributed by atoms with Gasteiger partial charge in [-0.25, -0.2) is 0 Å². The van der Waals surface area contributed by atoms with Crippen molar-refractivity contribution in [2.45, 2.75) is 6.42 Å². The van der Waals surface area contributed by atoms with Crippen molar-refractivity contribution in [3.63, 3.8) is 0 Å². The fourth-order valence-corrected chi connectivity index (χ4v) is 2.88. The Morgan fingerprint density at radius 2 is 1.44 bits per heavy atom. The minimum absolute atomic E-state index is 0.0536. The number of thiocarbonyl (C=S) groups is 1. The molecule has 7 nitrogen and oxygen atoms in total. The molecule has 0 aliphatic heterocycles. The number of amides is 2. The predicted molar refractivity (Wildman–Crippen MR) is 125 cm³/mol. The molecular formula is C24H23N3O4S. The first-order valence-electron chi connectivity index (χ1n) is 9.95. The molecule has 0 saturated carbocycles. The number of ether oxygens (including phenoxy) is 2. The van der Waals surface area contributed by atoms with Crippen molar-refractivity contribution < 1.29 is 19.1 Å². The first kappa shape index (κ1) is 22.8. The molecule has 0 unspecified atom stereocenters. The van der Waals surface area contributed by atoms with Gasteiger partial charge in [0.2, 0.25) is 0 Å². The summed E-state index contributed by atoms with van der Waals surface area (Å²) in [6.45, 7) is 0.222. The maximum absolute atomic E-state index is 12.6. The van der Waals surface area contributed by atoms with Crippen LogP contribution in [0.15, 0.2) is 84.9 Å². The number of hydrogen-bond acceptors (Lipinski definition) is 5. The van der Waals surface area contributed by atoms with Crippen molar-refractivity contribution in [2.24, 2.45) is 0 Å². The summed E-state index contributed by atoms with van der Waals surface area (Å²) in [7, 11) is 0. The maximum atomic E-state index is 12.6. The van der Waals surface area contributed by atoms with Crippen molar-refractivity contribution in [3.8, 4) is 11.5 Å². The number of hydrogen-bond donors (Lipinski definition) is 3. The van der Waals surface area contributed by atoms with Gasteiger partial charge in [-0.15, -0.1) is 0 Å². The van der Waals surface area contributed by atoms with Crippen LogP contribution in [-0.4, -0.2) is 30.1 Å². The Bertz CT molecular complexity index is 1050. The Kier molecular flexibility index (Phi) is 8.59. The van der Waals surface area contributed by atoms with E-state index in [0.717, 1.165) is 5.56 Å². The van der Waals surface area contributed by atoms with Crippen LogP contribution in [-0.2, 0) is 11.2 Å². The van der Waals surface area contributed by atoms with E-state index in [-0.39, 0.29) is 11.7 Å².